The van der Waals surface area contributed by atoms with E-state index in [4.69, 9.17) is 10.5 Å². The molecule has 0 atom stereocenters. The third-order valence-electron chi connectivity index (χ3n) is 3.15. The maximum Gasteiger partial charge on any atom is 0.263 e. The normalized spacial score (nSPS) is 10.9. The third kappa shape index (κ3) is 3.29. The number of amides is 1. The molecule has 1 aromatic heterocycles. The van der Waals surface area contributed by atoms with E-state index >= 15 is 0 Å². The van der Waals surface area contributed by atoms with E-state index in [1.807, 2.05) is 25.1 Å². The maximum atomic E-state index is 12.1. The quantitative estimate of drug-likeness (QED) is 0.805. The van der Waals surface area contributed by atoms with Gasteiger partial charge in [0.15, 0.2) is 0 Å². The first kappa shape index (κ1) is 14.8. The van der Waals surface area contributed by atoms with Crippen LogP contribution in [0.3, 0.4) is 0 Å². The topological polar surface area (TPSA) is 64.3 Å². The van der Waals surface area contributed by atoms with E-state index in [2.05, 4.69) is 5.32 Å². The zero-order chi connectivity index (χ0) is 14.5. The Labute approximate surface area is 122 Å². The molecular formula is C15H20N2O2S. The Balaban J connectivity index is 2.05. The lowest BCUT2D eigenvalue weighted by Gasteiger charge is -2.04. The molecular weight excluding hydrogens is 272 g/mol. The summed E-state index contributed by atoms with van der Waals surface area (Å²) in [6, 6.07) is 6.07. The number of anilines is 1. The second-order valence-electron chi connectivity index (χ2n) is 4.80. The Hall–Kier alpha value is -1.59. The Kier molecular flexibility index (Phi) is 4.98. The molecule has 0 saturated carbocycles. The van der Waals surface area contributed by atoms with Crippen LogP contribution in [0.15, 0.2) is 18.2 Å². The van der Waals surface area contributed by atoms with E-state index in [-0.39, 0.29) is 5.91 Å². The summed E-state index contributed by atoms with van der Waals surface area (Å²) in [5, 5.41) is 3.88. The maximum absolute atomic E-state index is 12.1. The fourth-order valence-corrected chi connectivity index (χ4v) is 3.07. The highest BCUT2D eigenvalue weighted by Crippen LogP contribution is 2.34. The molecule has 108 valence electrons. The van der Waals surface area contributed by atoms with Gasteiger partial charge in [0.25, 0.3) is 5.91 Å². The third-order valence-corrected chi connectivity index (χ3v) is 4.33. The number of unbranched alkanes of at least 4 members (excludes halogenated alkanes) is 1. The summed E-state index contributed by atoms with van der Waals surface area (Å²) >= 11 is 1.45. The van der Waals surface area contributed by atoms with Crippen LogP contribution < -0.4 is 11.1 Å². The van der Waals surface area contributed by atoms with Crippen molar-refractivity contribution in [2.45, 2.75) is 19.8 Å². The second kappa shape index (κ2) is 6.72. The van der Waals surface area contributed by atoms with E-state index in [9.17, 15) is 4.79 Å². The van der Waals surface area contributed by atoms with Gasteiger partial charge in [0.05, 0.1) is 5.69 Å². The largest absolute Gasteiger partial charge is 0.397 e. The van der Waals surface area contributed by atoms with Crippen LogP contribution in [0.5, 0.6) is 0 Å². The predicted molar refractivity (Wildman–Crippen MR) is 84.4 cm³/mol. The van der Waals surface area contributed by atoms with Crippen LogP contribution in [0, 0.1) is 6.92 Å². The molecule has 0 radical (unpaired) electrons. The molecule has 0 fully saturated rings. The first-order chi connectivity index (χ1) is 9.63. The first-order valence-electron chi connectivity index (χ1n) is 6.69. The number of benzene rings is 1. The van der Waals surface area contributed by atoms with Crippen LogP contribution in [0.1, 0.15) is 28.1 Å². The van der Waals surface area contributed by atoms with Gasteiger partial charge in [-0.25, -0.2) is 0 Å². The van der Waals surface area contributed by atoms with Gasteiger partial charge < -0.3 is 15.8 Å². The summed E-state index contributed by atoms with van der Waals surface area (Å²) in [4.78, 5) is 12.7. The van der Waals surface area contributed by atoms with Crippen molar-refractivity contribution >= 4 is 33.0 Å². The van der Waals surface area contributed by atoms with Gasteiger partial charge in [-0.2, -0.15) is 0 Å². The van der Waals surface area contributed by atoms with Gasteiger partial charge in [-0.05, 0) is 31.9 Å². The summed E-state index contributed by atoms with van der Waals surface area (Å²) < 4.78 is 6.03. The van der Waals surface area contributed by atoms with Crippen molar-refractivity contribution in [1.82, 2.24) is 5.32 Å². The van der Waals surface area contributed by atoms with Crippen molar-refractivity contribution in [3.8, 4) is 0 Å². The number of nitrogens with one attached hydrogen (secondary N) is 1. The van der Waals surface area contributed by atoms with Gasteiger partial charge in [0.1, 0.15) is 4.88 Å². The molecule has 5 heteroatoms. The van der Waals surface area contributed by atoms with Gasteiger partial charge in [0, 0.05) is 30.3 Å². The average Bonchev–Trinajstić information content (AvgIpc) is 2.76. The number of ether oxygens (including phenoxy) is 1. The molecule has 0 aliphatic carbocycles. The number of thiophene rings is 1. The summed E-state index contributed by atoms with van der Waals surface area (Å²) in [6.07, 6.45) is 1.85. The van der Waals surface area contributed by atoms with E-state index in [1.54, 1.807) is 7.11 Å². The number of aryl methyl sites for hydroxylation is 1. The number of hydrogen-bond donors (Lipinski definition) is 2. The standard InChI is InChI=1S/C15H20N2O2S/c1-10-5-6-12-11(9-10)13(16)14(20-12)15(18)17-7-3-4-8-19-2/h5-6,9H,3-4,7-8,16H2,1-2H3,(H,17,18). The Bertz CT molecular complexity index is 607. The number of methoxy groups -OCH3 is 1. The number of fused-ring (bicyclic) bond motifs is 1. The molecule has 0 spiro atoms. The van der Waals surface area contributed by atoms with Crippen molar-refractivity contribution in [1.29, 1.82) is 0 Å². The first-order valence-corrected chi connectivity index (χ1v) is 7.51. The van der Waals surface area contributed by atoms with Crippen LogP contribution in [0.4, 0.5) is 5.69 Å². The van der Waals surface area contributed by atoms with Crippen molar-refractivity contribution in [3.05, 3.63) is 28.6 Å². The molecule has 0 aliphatic heterocycles. The molecule has 1 aromatic carbocycles. The van der Waals surface area contributed by atoms with E-state index < -0.39 is 0 Å². The lowest BCUT2D eigenvalue weighted by atomic mass is 10.1. The zero-order valence-corrected chi connectivity index (χ0v) is 12.7. The average molecular weight is 292 g/mol. The number of nitrogens with two attached hydrogens (primary N) is 1. The molecule has 1 heterocycles. The lowest BCUT2D eigenvalue weighted by Crippen LogP contribution is -2.24. The highest BCUT2D eigenvalue weighted by Gasteiger charge is 2.15. The molecule has 0 bridgehead atoms. The zero-order valence-electron chi connectivity index (χ0n) is 11.9. The van der Waals surface area contributed by atoms with Gasteiger partial charge >= 0.3 is 0 Å². The van der Waals surface area contributed by atoms with Crippen LogP contribution in [0.2, 0.25) is 0 Å². The Morgan fingerprint density at radius 1 is 1.40 bits per heavy atom. The second-order valence-corrected chi connectivity index (χ2v) is 5.85. The van der Waals surface area contributed by atoms with Crippen LogP contribution in [-0.2, 0) is 4.74 Å². The summed E-state index contributed by atoms with van der Waals surface area (Å²) in [7, 11) is 1.68. The van der Waals surface area contributed by atoms with Crippen LogP contribution >= 0.6 is 11.3 Å². The minimum atomic E-state index is -0.0845. The Morgan fingerprint density at radius 2 is 2.20 bits per heavy atom. The molecule has 4 nitrogen and oxygen atoms in total. The van der Waals surface area contributed by atoms with Crippen molar-refractivity contribution < 1.29 is 9.53 Å². The van der Waals surface area contributed by atoms with Crippen molar-refractivity contribution in [3.63, 3.8) is 0 Å². The molecule has 3 N–H and O–H groups in total. The van der Waals surface area contributed by atoms with E-state index in [0.29, 0.717) is 17.1 Å². The van der Waals surface area contributed by atoms with Gasteiger partial charge in [-0.3, -0.25) is 4.79 Å². The molecule has 0 saturated heterocycles. The van der Waals surface area contributed by atoms with E-state index in [1.165, 1.54) is 11.3 Å². The highest BCUT2D eigenvalue weighted by atomic mass is 32.1. The van der Waals surface area contributed by atoms with Crippen molar-refractivity contribution in [2.75, 3.05) is 26.0 Å². The predicted octanol–water partition coefficient (Wildman–Crippen LogP) is 2.95. The number of carbonyl (C=O) groups excluding carboxylic acids is 1. The minimum Gasteiger partial charge on any atom is -0.397 e. The SMILES string of the molecule is COCCCCNC(=O)c1sc2ccc(C)cc2c1N. The van der Waals surface area contributed by atoms with Gasteiger partial charge in [-0.15, -0.1) is 11.3 Å². The smallest absolute Gasteiger partial charge is 0.263 e. The molecule has 1 amide bonds. The highest BCUT2D eigenvalue weighted by molar-refractivity contribution is 7.21. The molecule has 0 unspecified atom stereocenters. The fourth-order valence-electron chi connectivity index (χ4n) is 2.05. The molecule has 0 aliphatic rings. The van der Waals surface area contributed by atoms with Crippen LogP contribution in [0.25, 0.3) is 10.1 Å². The summed E-state index contributed by atoms with van der Waals surface area (Å²) in [6.45, 7) is 3.39. The monoisotopic (exact) mass is 292 g/mol. The molecule has 2 rings (SSSR count). The fraction of sp³-hybridized carbons (Fsp3) is 0.400. The van der Waals surface area contributed by atoms with E-state index in [0.717, 1.165) is 35.1 Å². The number of hydrogen-bond acceptors (Lipinski definition) is 4. The molecule has 2 aromatic rings. The van der Waals surface area contributed by atoms with Crippen LogP contribution in [-0.4, -0.2) is 26.2 Å². The number of carbonyl (C=O) groups is 1. The summed E-state index contributed by atoms with van der Waals surface area (Å²) in [5.74, 6) is -0.0845. The summed E-state index contributed by atoms with van der Waals surface area (Å²) in [5.41, 5.74) is 7.82. The number of rotatable bonds is 6. The number of nitrogen functional groups attached to an aromatic ring is 1. The van der Waals surface area contributed by atoms with Gasteiger partial charge in [-0.1, -0.05) is 11.6 Å². The minimum absolute atomic E-state index is 0.0845. The lowest BCUT2D eigenvalue weighted by molar-refractivity contribution is 0.0956. The van der Waals surface area contributed by atoms with Gasteiger partial charge in [0.2, 0.25) is 0 Å². The Morgan fingerprint density at radius 3 is 2.95 bits per heavy atom. The van der Waals surface area contributed by atoms with Crippen molar-refractivity contribution in [2.24, 2.45) is 0 Å². The molecule has 20 heavy (non-hydrogen) atoms.